The Bertz CT molecular complexity index is 858. The lowest BCUT2D eigenvalue weighted by Crippen LogP contribution is -2.40. The maximum absolute atomic E-state index is 12.2. The number of carbonyl (C=O) groups excluding carboxylic acids is 1. The van der Waals surface area contributed by atoms with Crippen molar-refractivity contribution in [2.24, 2.45) is 0 Å². The average molecular weight is 356 g/mol. The average Bonchev–Trinajstić information content (AvgIpc) is 3.32. The molecule has 0 saturated carbocycles. The Balaban J connectivity index is 1.49. The summed E-state index contributed by atoms with van der Waals surface area (Å²) in [5.74, 6) is 1.64. The number of amides is 2. The van der Waals surface area contributed by atoms with Gasteiger partial charge in [-0.3, -0.25) is 0 Å². The van der Waals surface area contributed by atoms with Crippen molar-refractivity contribution in [2.45, 2.75) is 19.4 Å². The SMILES string of the molecule is COc1ccc2nc(CCN(C)C(=O)NC[C@H](C)n3ccnc3)[nH]c2c1. The first-order valence-corrected chi connectivity index (χ1v) is 8.56. The molecule has 2 N–H and O–H groups in total. The van der Waals surface area contributed by atoms with Crippen LogP contribution in [0.5, 0.6) is 5.75 Å². The summed E-state index contributed by atoms with van der Waals surface area (Å²) in [7, 11) is 3.42. The number of rotatable bonds is 7. The normalized spacial score (nSPS) is 12.1. The number of fused-ring (bicyclic) bond motifs is 1. The number of aromatic nitrogens is 4. The van der Waals surface area contributed by atoms with Crippen molar-refractivity contribution in [2.75, 3.05) is 27.2 Å². The van der Waals surface area contributed by atoms with E-state index in [-0.39, 0.29) is 12.1 Å². The monoisotopic (exact) mass is 356 g/mol. The number of ether oxygens (including phenoxy) is 1. The van der Waals surface area contributed by atoms with E-state index in [9.17, 15) is 4.79 Å². The van der Waals surface area contributed by atoms with E-state index in [1.54, 1.807) is 31.6 Å². The summed E-state index contributed by atoms with van der Waals surface area (Å²) < 4.78 is 7.18. The fourth-order valence-corrected chi connectivity index (χ4v) is 2.67. The van der Waals surface area contributed by atoms with Crippen molar-refractivity contribution in [3.8, 4) is 5.75 Å². The van der Waals surface area contributed by atoms with Gasteiger partial charge in [0.05, 0.1) is 24.5 Å². The number of methoxy groups -OCH3 is 1. The van der Waals surface area contributed by atoms with E-state index < -0.39 is 0 Å². The number of hydrogen-bond acceptors (Lipinski definition) is 4. The fourth-order valence-electron chi connectivity index (χ4n) is 2.67. The standard InChI is InChI=1S/C18H24N6O2/c1-13(24-9-7-19-12-24)11-20-18(25)23(2)8-6-17-21-15-5-4-14(26-3)10-16(15)22-17/h4-5,7,9-10,12-13H,6,8,11H2,1-3H3,(H,20,25)(H,21,22)/t13-/m0/s1. The number of imidazole rings is 2. The highest BCUT2D eigenvalue weighted by atomic mass is 16.5. The molecule has 0 aliphatic heterocycles. The third-order valence-corrected chi connectivity index (χ3v) is 4.35. The van der Waals surface area contributed by atoms with Crippen LogP contribution in [0.2, 0.25) is 0 Å². The maximum atomic E-state index is 12.2. The second kappa shape index (κ2) is 7.90. The van der Waals surface area contributed by atoms with Crippen LogP contribution in [-0.2, 0) is 6.42 Å². The molecule has 2 heterocycles. The summed E-state index contributed by atoms with van der Waals surface area (Å²) in [5, 5.41) is 2.94. The van der Waals surface area contributed by atoms with E-state index in [0.717, 1.165) is 22.6 Å². The van der Waals surface area contributed by atoms with Crippen LogP contribution in [0.15, 0.2) is 36.9 Å². The summed E-state index contributed by atoms with van der Waals surface area (Å²) in [6, 6.07) is 5.77. The van der Waals surface area contributed by atoms with Gasteiger partial charge in [0.1, 0.15) is 11.6 Å². The number of nitrogens with one attached hydrogen (secondary N) is 2. The maximum Gasteiger partial charge on any atom is 0.317 e. The highest BCUT2D eigenvalue weighted by Crippen LogP contribution is 2.18. The topological polar surface area (TPSA) is 88.1 Å². The molecule has 3 rings (SSSR count). The highest BCUT2D eigenvalue weighted by Gasteiger charge is 2.12. The van der Waals surface area contributed by atoms with E-state index in [0.29, 0.717) is 19.5 Å². The molecule has 26 heavy (non-hydrogen) atoms. The Labute approximate surface area is 152 Å². The van der Waals surface area contributed by atoms with E-state index in [2.05, 4.69) is 20.3 Å². The van der Waals surface area contributed by atoms with Crippen LogP contribution < -0.4 is 10.1 Å². The van der Waals surface area contributed by atoms with Crippen LogP contribution >= 0.6 is 0 Å². The van der Waals surface area contributed by atoms with E-state index in [1.165, 1.54) is 0 Å². The minimum absolute atomic E-state index is 0.102. The van der Waals surface area contributed by atoms with E-state index in [1.807, 2.05) is 35.9 Å². The predicted octanol–water partition coefficient (Wildman–Crippen LogP) is 2.21. The van der Waals surface area contributed by atoms with Crippen molar-refractivity contribution >= 4 is 17.1 Å². The van der Waals surface area contributed by atoms with Gasteiger partial charge in [0.2, 0.25) is 0 Å². The lowest BCUT2D eigenvalue weighted by Gasteiger charge is -2.20. The van der Waals surface area contributed by atoms with Gasteiger partial charge in [0.15, 0.2) is 0 Å². The zero-order valence-electron chi connectivity index (χ0n) is 15.3. The number of nitrogens with zero attached hydrogens (tertiary/aromatic N) is 4. The molecule has 1 aromatic carbocycles. The van der Waals surface area contributed by atoms with Gasteiger partial charge in [-0.25, -0.2) is 14.8 Å². The largest absolute Gasteiger partial charge is 0.497 e. The van der Waals surface area contributed by atoms with Gasteiger partial charge in [-0.1, -0.05) is 0 Å². The van der Waals surface area contributed by atoms with Gasteiger partial charge in [0, 0.05) is 51.1 Å². The number of hydrogen-bond donors (Lipinski definition) is 2. The fraction of sp³-hybridized carbons (Fsp3) is 0.389. The molecular formula is C18H24N6O2. The second-order valence-electron chi connectivity index (χ2n) is 6.28. The van der Waals surface area contributed by atoms with Crippen LogP contribution in [0.25, 0.3) is 11.0 Å². The summed E-state index contributed by atoms with van der Waals surface area (Å²) in [4.78, 5) is 25.7. The van der Waals surface area contributed by atoms with Gasteiger partial charge >= 0.3 is 6.03 Å². The van der Waals surface area contributed by atoms with Crippen molar-refractivity contribution in [3.05, 3.63) is 42.7 Å². The number of H-pyrrole nitrogens is 1. The summed E-state index contributed by atoms with van der Waals surface area (Å²) in [5.41, 5.74) is 1.82. The Morgan fingerprint density at radius 1 is 1.46 bits per heavy atom. The van der Waals surface area contributed by atoms with Crippen molar-refractivity contribution in [3.63, 3.8) is 0 Å². The predicted molar refractivity (Wildman–Crippen MR) is 99.3 cm³/mol. The molecule has 1 atom stereocenters. The summed E-state index contributed by atoms with van der Waals surface area (Å²) in [6.45, 7) is 3.15. The number of urea groups is 1. The molecule has 3 aromatic rings. The third kappa shape index (κ3) is 4.14. The van der Waals surface area contributed by atoms with Gasteiger partial charge in [0.25, 0.3) is 0 Å². The number of aromatic amines is 1. The number of benzene rings is 1. The zero-order valence-corrected chi connectivity index (χ0v) is 15.3. The van der Waals surface area contributed by atoms with Gasteiger partial charge in [-0.2, -0.15) is 0 Å². The minimum atomic E-state index is -0.102. The van der Waals surface area contributed by atoms with Gasteiger partial charge in [-0.15, -0.1) is 0 Å². The Morgan fingerprint density at radius 3 is 3.04 bits per heavy atom. The first-order valence-electron chi connectivity index (χ1n) is 8.56. The number of carbonyl (C=O) groups is 1. The molecule has 138 valence electrons. The first-order chi connectivity index (χ1) is 12.6. The Morgan fingerprint density at radius 2 is 2.31 bits per heavy atom. The lowest BCUT2D eigenvalue weighted by atomic mass is 10.3. The van der Waals surface area contributed by atoms with Gasteiger partial charge < -0.3 is 24.5 Å². The highest BCUT2D eigenvalue weighted by molar-refractivity contribution is 5.77. The number of likely N-dealkylation sites (N-methyl/N-ethyl adjacent to an activating group) is 1. The minimum Gasteiger partial charge on any atom is -0.497 e. The molecule has 0 fully saturated rings. The van der Waals surface area contributed by atoms with Crippen molar-refractivity contribution in [1.29, 1.82) is 0 Å². The molecule has 2 aromatic heterocycles. The quantitative estimate of drug-likeness (QED) is 0.679. The first kappa shape index (κ1) is 17.8. The molecule has 0 aliphatic carbocycles. The summed E-state index contributed by atoms with van der Waals surface area (Å²) >= 11 is 0. The van der Waals surface area contributed by atoms with E-state index in [4.69, 9.17) is 4.74 Å². The molecular weight excluding hydrogens is 332 g/mol. The molecule has 0 radical (unpaired) electrons. The van der Waals surface area contributed by atoms with Crippen LogP contribution in [0, 0.1) is 0 Å². The molecule has 0 spiro atoms. The van der Waals surface area contributed by atoms with Crippen molar-refractivity contribution < 1.29 is 9.53 Å². The Kier molecular flexibility index (Phi) is 5.40. The van der Waals surface area contributed by atoms with Crippen LogP contribution in [0.4, 0.5) is 4.79 Å². The molecule has 0 saturated heterocycles. The summed E-state index contributed by atoms with van der Waals surface area (Å²) in [6.07, 6.45) is 6.01. The molecule has 0 bridgehead atoms. The molecule has 8 heteroatoms. The molecule has 2 amide bonds. The zero-order chi connectivity index (χ0) is 18.5. The molecule has 0 aliphatic rings. The van der Waals surface area contributed by atoms with Crippen molar-refractivity contribution in [1.82, 2.24) is 29.7 Å². The molecule has 8 nitrogen and oxygen atoms in total. The second-order valence-corrected chi connectivity index (χ2v) is 6.28. The molecule has 0 unspecified atom stereocenters. The van der Waals surface area contributed by atoms with Crippen LogP contribution in [0.1, 0.15) is 18.8 Å². The van der Waals surface area contributed by atoms with Crippen LogP contribution in [0.3, 0.4) is 0 Å². The van der Waals surface area contributed by atoms with Crippen LogP contribution in [-0.4, -0.2) is 57.7 Å². The smallest absolute Gasteiger partial charge is 0.317 e. The van der Waals surface area contributed by atoms with Gasteiger partial charge in [-0.05, 0) is 19.1 Å². The third-order valence-electron chi connectivity index (χ3n) is 4.35. The van der Waals surface area contributed by atoms with E-state index >= 15 is 0 Å². The Hall–Kier alpha value is -3.03. The lowest BCUT2D eigenvalue weighted by molar-refractivity contribution is 0.207.